The summed E-state index contributed by atoms with van der Waals surface area (Å²) >= 11 is 6.37. The van der Waals surface area contributed by atoms with Gasteiger partial charge in [-0.05, 0) is 75.4 Å². The highest BCUT2D eigenvalue weighted by molar-refractivity contribution is 7.90. The van der Waals surface area contributed by atoms with E-state index in [9.17, 15) is 18.0 Å². The van der Waals surface area contributed by atoms with Gasteiger partial charge in [0, 0.05) is 62.6 Å². The molecular formula is C38H50ClFN4O8S. The number of hydrogen-bond acceptors (Lipinski definition) is 10. The van der Waals surface area contributed by atoms with Crippen molar-refractivity contribution >= 4 is 39.1 Å². The van der Waals surface area contributed by atoms with Gasteiger partial charge in [0.1, 0.15) is 23.4 Å². The van der Waals surface area contributed by atoms with Crippen LogP contribution in [-0.4, -0.2) is 121 Å². The van der Waals surface area contributed by atoms with E-state index in [4.69, 9.17) is 30.5 Å². The van der Waals surface area contributed by atoms with E-state index in [1.807, 2.05) is 17.0 Å². The zero-order valence-corrected chi connectivity index (χ0v) is 32.4. The van der Waals surface area contributed by atoms with E-state index < -0.39 is 50.3 Å². The number of rotatable bonds is 7. The summed E-state index contributed by atoms with van der Waals surface area (Å²) < 4.78 is 69.3. The van der Waals surface area contributed by atoms with Crippen LogP contribution in [0.1, 0.15) is 55.5 Å². The molecular weight excluding hydrogens is 727 g/mol. The van der Waals surface area contributed by atoms with Crippen molar-refractivity contribution < 1.29 is 41.3 Å². The monoisotopic (exact) mass is 776 g/mol. The quantitative estimate of drug-likeness (QED) is 0.428. The molecule has 1 spiro atoms. The molecule has 1 N–H and O–H groups in total. The average molecular weight is 777 g/mol. The van der Waals surface area contributed by atoms with E-state index in [2.05, 4.69) is 9.62 Å². The highest BCUT2D eigenvalue weighted by atomic mass is 35.5. The van der Waals surface area contributed by atoms with Crippen LogP contribution in [0.3, 0.4) is 0 Å². The number of hydrogen-bond donors (Lipinski definition) is 1. The van der Waals surface area contributed by atoms with Crippen LogP contribution in [0.5, 0.6) is 11.5 Å². The number of sulfonamides is 1. The van der Waals surface area contributed by atoms with Crippen molar-refractivity contribution in [1.29, 1.82) is 0 Å². The summed E-state index contributed by atoms with van der Waals surface area (Å²) in [6.45, 7) is 6.27. The summed E-state index contributed by atoms with van der Waals surface area (Å²) in [4.78, 5) is 33.8. The Bertz CT molecular complexity index is 1810. The Labute approximate surface area is 316 Å². The molecule has 2 bridgehead atoms. The molecule has 0 aromatic heterocycles. The Kier molecular flexibility index (Phi) is 12.2. The lowest BCUT2D eigenvalue weighted by Crippen LogP contribution is -2.55. The van der Waals surface area contributed by atoms with Crippen molar-refractivity contribution in [3.05, 3.63) is 64.5 Å². The first kappa shape index (κ1) is 39.3. The molecule has 4 aliphatic rings. The van der Waals surface area contributed by atoms with Crippen molar-refractivity contribution in [2.24, 2.45) is 5.92 Å². The number of halogens is 2. The zero-order valence-electron chi connectivity index (χ0n) is 30.8. The Morgan fingerprint density at radius 1 is 1.09 bits per heavy atom. The van der Waals surface area contributed by atoms with E-state index in [-0.39, 0.29) is 44.3 Å². The molecule has 0 radical (unpaired) electrons. The third-order valence-corrected chi connectivity index (χ3v) is 13.4. The van der Waals surface area contributed by atoms with Gasteiger partial charge < -0.3 is 28.7 Å². The van der Waals surface area contributed by atoms with Gasteiger partial charge in [-0.2, -0.15) is 0 Å². The van der Waals surface area contributed by atoms with Crippen LogP contribution in [0.2, 0.25) is 5.02 Å². The minimum atomic E-state index is -4.17. The van der Waals surface area contributed by atoms with Gasteiger partial charge in [-0.3, -0.25) is 14.5 Å². The predicted octanol–water partition coefficient (Wildman–Crippen LogP) is 4.56. The van der Waals surface area contributed by atoms with Crippen molar-refractivity contribution in [1.82, 2.24) is 14.5 Å². The van der Waals surface area contributed by atoms with E-state index in [0.29, 0.717) is 67.9 Å². The second kappa shape index (κ2) is 16.5. The normalized spacial score (nSPS) is 28.4. The summed E-state index contributed by atoms with van der Waals surface area (Å²) in [5.74, 6) is -1.18. The molecule has 15 heteroatoms. The van der Waals surface area contributed by atoms with E-state index in [0.717, 1.165) is 12.0 Å². The van der Waals surface area contributed by atoms with Gasteiger partial charge >= 0.3 is 0 Å². The third kappa shape index (κ3) is 8.31. The van der Waals surface area contributed by atoms with E-state index in [1.54, 1.807) is 50.3 Å². The van der Waals surface area contributed by atoms with Crippen LogP contribution in [-0.2, 0) is 29.7 Å². The third-order valence-electron chi connectivity index (χ3n) is 11.2. The molecule has 0 aliphatic carbocycles. The number of anilines is 1. The maximum Gasteiger partial charge on any atom is 0.264 e. The van der Waals surface area contributed by atoms with Crippen LogP contribution in [0.15, 0.2) is 48.3 Å². The molecule has 2 aromatic carbocycles. The second-order valence-corrected chi connectivity index (χ2v) is 17.1. The summed E-state index contributed by atoms with van der Waals surface area (Å²) in [5, 5.41) is -0.491. The Hall–Kier alpha value is -3.43. The van der Waals surface area contributed by atoms with Crippen molar-refractivity contribution in [3.63, 3.8) is 0 Å². The molecule has 0 unspecified atom stereocenters. The molecule has 2 amide bonds. The molecule has 290 valence electrons. The standard InChI is InChI=1S/C38H50ClFN4O8S/c1-25-7-11-31(40)35(37(46)42(15-18-49-3)16-19-50-4)44-14-5-6-29(44)22-43-23-38(13-17-51-34-21-28(39)9-10-30(34)38)24-52-33-12-8-27(20-32(33)43)36(45)41-53(47,48)26(25)2/h8-12,20-21,25-26,29,35H,5-7,13-19,22-24H2,1-4H3,(H,41,45)/b31-11-/t25-,26+,29-,35+,38-/m0/s1. The van der Waals surface area contributed by atoms with Crippen LogP contribution < -0.4 is 19.1 Å². The van der Waals surface area contributed by atoms with Crippen molar-refractivity contribution in [2.75, 3.05) is 78.3 Å². The van der Waals surface area contributed by atoms with Crippen LogP contribution in [0.25, 0.3) is 0 Å². The molecule has 6 rings (SSSR count). The Morgan fingerprint density at radius 3 is 2.58 bits per heavy atom. The summed E-state index contributed by atoms with van der Waals surface area (Å²) in [6.07, 6.45) is 3.45. The number of benzene rings is 2. The predicted molar refractivity (Wildman–Crippen MR) is 200 cm³/mol. The molecule has 53 heavy (non-hydrogen) atoms. The Morgan fingerprint density at radius 2 is 1.85 bits per heavy atom. The van der Waals surface area contributed by atoms with Crippen molar-refractivity contribution in [3.8, 4) is 11.5 Å². The van der Waals surface area contributed by atoms with E-state index in [1.165, 1.54) is 13.0 Å². The number of nitrogens with zero attached hydrogens (tertiary/aromatic N) is 3. The lowest BCUT2D eigenvalue weighted by Gasteiger charge is -2.42. The fourth-order valence-corrected chi connectivity index (χ4v) is 9.37. The van der Waals surface area contributed by atoms with Gasteiger partial charge in [-0.15, -0.1) is 0 Å². The first-order chi connectivity index (χ1) is 25.4. The van der Waals surface area contributed by atoms with Crippen LogP contribution >= 0.6 is 11.6 Å². The maximum absolute atomic E-state index is 16.8. The molecule has 4 heterocycles. The average Bonchev–Trinajstić information content (AvgIpc) is 3.52. The molecule has 0 saturated carbocycles. The first-order valence-corrected chi connectivity index (χ1v) is 20.2. The van der Waals surface area contributed by atoms with Gasteiger partial charge in [0.05, 0.1) is 42.8 Å². The van der Waals surface area contributed by atoms with E-state index >= 15 is 4.39 Å². The fourth-order valence-electron chi connectivity index (χ4n) is 7.92. The molecule has 5 atom stereocenters. The van der Waals surface area contributed by atoms with Gasteiger partial charge in [0.15, 0.2) is 0 Å². The number of amides is 2. The number of carbonyl (C=O) groups is 2. The number of methoxy groups -OCH3 is 2. The fraction of sp³-hybridized carbons (Fsp3) is 0.579. The minimum Gasteiger partial charge on any atom is -0.493 e. The minimum absolute atomic E-state index is 0.0385. The number of fused-ring (bicyclic) bond motifs is 4. The first-order valence-electron chi connectivity index (χ1n) is 18.3. The number of carbonyl (C=O) groups excluding carboxylic acids is 2. The molecule has 2 aromatic rings. The molecule has 1 saturated heterocycles. The number of ether oxygens (including phenoxy) is 4. The topological polar surface area (TPSA) is 127 Å². The number of allylic oxidation sites excluding steroid dienone is 1. The molecule has 12 nitrogen and oxygen atoms in total. The Balaban J connectivity index is 1.47. The molecule has 4 aliphatic heterocycles. The molecule has 1 fully saturated rings. The second-order valence-electron chi connectivity index (χ2n) is 14.6. The summed E-state index contributed by atoms with van der Waals surface area (Å²) in [5.41, 5.74) is 1.17. The highest BCUT2D eigenvalue weighted by Gasteiger charge is 2.46. The highest BCUT2D eigenvalue weighted by Crippen LogP contribution is 2.46. The van der Waals surface area contributed by atoms with Gasteiger partial charge in [-0.25, -0.2) is 17.5 Å². The van der Waals surface area contributed by atoms with Gasteiger partial charge in [-0.1, -0.05) is 30.7 Å². The van der Waals surface area contributed by atoms with Crippen molar-refractivity contribution in [2.45, 2.75) is 62.3 Å². The lowest BCUT2D eigenvalue weighted by atomic mass is 9.76. The lowest BCUT2D eigenvalue weighted by molar-refractivity contribution is -0.137. The van der Waals surface area contributed by atoms with Gasteiger partial charge in [0.2, 0.25) is 15.9 Å². The number of nitrogens with one attached hydrogen (secondary N) is 1. The summed E-state index contributed by atoms with van der Waals surface area (Å²) in [7, 11) is -1.07. The summed E-state index contributed by atoms with van der Waals surface area (Å²) in [6, 6.07) is 9.03. The largest absolute Gasteiger partial charge is 0.493 e. The SMILES string of the molecule is COCCN(CCOC)C(=O)[C@H]1/C(F)=C/C[C@H](C)[C@@H](C)S(=O)(=O)NC(=O)c2ccc3c(c2)N(C[C@@H]2CCCN21)C[C@@]1(CCOc2cc(Cl)ccc21)CO3. The van der Waals surface area contributed by atoms with Gasteiger partial charge in [0.25, 0.3) is 5.91 Å². The maximum atomic E-state index is 16.8. The van der Waals surface area contributed by atoms with Crippen LogP contribution in [0, 0.1) is 5.92 Å². The zero-order chi connectivity index (χ0) is 37.9. The smallest absolute Gasteiger partial charge is 0.264 e. The van der Waals surface area contributed by atoms with Crippen LogP contribution in [0.4, 0.5) is 10.1 Å².